The predicted octanol–water partition coefficient (Wildman–Crippen LogP) is 3.39. The lowest BCUT2D eigenvalue weighted by Crippen LogP contribution is -2.62. The molecule has 29 heavy (non-hydrogen) atoms. The van der Waals surface area contributed by atoms with E-state index < -0.39 is 21.1 Å². The Labute approximate surface area is 171 Å². The van der Waals surface area contributed by atoms with E-state index in [0.717, 1.165) is 57.8 Å². The molecule has 0 aromatic heterocycles. The van der Waals surface area contributed by atoms with Crippen molar-refractivity contribution in [1.29, 1.82) is 0 Å². The molecule has 7 heteroatoms. The smallest absolute Gasteiger partial charge is 0.317 e. The Morgan fingerprint density at radius 1 is 1.03 bits per heavy atom. The molecule has 2 atom stereocenters. The summed E-state index contributed by atoms with van der Waals surface area (Å²) in [6.07, 6.45) is 9.28. The van der Waals surface area contributed by atoms with E-state index in [1.807, 2.05) is 0 Å². The van der Waals surface area contributed by atoms with Gasteiger partial charge in [0.25, 0.3) is 0 Å². The highest BCUT2D eigenvalue weighted by molar-refractivity contribution is 7.85. The van der Waals surface area contributed by atoms with Gasteiger partial charge in [0.05, 0.1) is 15.9 Å². The summed E-state index contributed by atoms with van der Waals surface area (Å²) in [5.41, 5.74) is -1.39. The average Bonchev–Trinajstić information content (AvgIpc) is 3.09. The first-order valence-corrected chi connectivity index (χ1v) is 12.0. The maximum Gasteiger partial charge on any atom is 0.317 e. The fourth-order valence-corrected chi connectivity index (χ4v) is 7.90. The third kappa shape index (κ3) is 3.04. The summed E-state index contributed by atoms with van der Waals surface area (Å²) in [5.74, 6) is 0.907. The van der Waals surface area contributed by atoms with Crippen LogP contribution >= 0.6 is 0 Å². The summed E-state index contributed by atoms with van der Waals surface area (Å²) in [6, 6.07) is 5.08. The van der Waals surface area contributed by atoms with Crippen LogP contribution in [0.3, 0.4) is 0 Å². The maximum atomic E-state index is 13.3. The quantitative estimate of drug-likeness (QED) is 0.456. The Morgan fingerprint density at radius 2 is 1.62 bits per heavy atom. The highest BCUT2D eigenvalue weighted by atomic mass is 32.2. The fraction of sp³-hybridized carbons (Fsp3) is 0.682. The molecule has 0 heterocycles. The van der Waals surface area contributed by atoms with E-state index in [2.05, 4.69) is 0 Å². The number of hydrogen-bond donors (Lipinski definition) is 1. The molecule has 6 rings (SSSR count). The van der Waals surface area contributed by atoms with Gasteiger partial charge in [0.2, 0.25) is 0 Å². The van der Waals surface area contributed by atoms with Crippen LogP contribution in [0.25, 0.3) is 0 Å². The first-order valence-electron chi connectivity index (χ1n) is 10.6. The van der Waals surface area contributed by atoms with Crippen molar-refractivity contribution in [1.82, 2.24) is 0 Å². The third-order valence-corrected chi connectivity index (χ3v) is 9.08. The van der Waals surface area contributed by atoms with Crippen LogP contribution in [-0.4, -0.2) is 29.6 Å². The van der Waals surface area contributed by atoms with Crippen molar-refractivity contribution in [3.05, 3.63) is 24.3 Å². The summed E-state index contributed by atoms with van der Waals surface area (Å²) in [6.45, 7) is 0. The van der Waals surface area contributed by atoms with Crippen molar-refractivity contribution >= 4 is 16.1 Å². The van der Waals surface area contributed by atoms with Gasteiger partial charge in [-0.1, -0.05) is 12.8 Å². The molecule has 0 saturated heterocycles. The van der Waals surface area contributed by atoms with Crippen LogP contribution in [0.5, 0.6) is 5.75 Å². The van der Waals surface area contributed by atoms with Gasteiger partial charge in [0.15, 0.2) is 0 Å². The predicted molar refractivity (Wildman–Crippen MR) is 103 cm³/mol. The molecule has 1 aromatic carbocycles. The molecular weight excluding hydrogens is 392 g/mol. The molecule has 5 aliphatic carbocycles. The minimum Gasteiger partial charge on any atom is -0.744 e. The zero-order valence-corrected chi connectivity index (χ0v) is 17.2. The molecule has 5 fully saturated rings. The molecule has 158 valence electrons. The Bertz CT molecular complexity index is 915. The summed E-state index contributed by atoms with van der Waals surface area (Å²) >= 11 is 0. The highest BCUT2D eigenvalue weighted by Crippen LogP contribution is 2.70. The highest BCUT2D eigenvalue weighted by Gasteiger charge is 2.67. The number of benzene rings is 1. The van der Waals surface area contributed by atoms with Crippen LogP contribution in [0.1, 0.15) is 64.2 Å². The van der Waals surface area contributed by atoms with Gasteiger partial charge in [0, 0.05) is 5.41 Å². The number of carbonyl (C=O) groups is 1. The number of ether oxygens (including phenoxy) is 1. The molecule has 6 nitrogen and oxygen atoms in total. The van der Waals surface area contributed by atoms with Gasteiger partial charge in [0.1, 0.15) is 15.9 Å². The monoisotopic (exact) mass is 419 g/mol. The third-order valence-electron chi connectivity index (χ3n) is 8.23. The van der Waals surface area contributed by atoms with Crippen molar-refractivity contribution in [2.45, 2.75) is 74.7 Å². The van der Waals surface area contributed by atoms with E-state index >= 15 is 0 Å². The lowest BCUT2D eigenvalue weighted by molar-refractivity contribution is -0.211. The summed E-state index contributed by atoms with van der Waals surface area (Å²) in [7, 11) is -4.53. The van der Waals surface area contributed by atoms with Gasteiger partial charge >= 0.3 is 5.97 Å². The first-order chi connectivity index (χ1) is 13.6. The van der Waals surface area contributed by atoms with Gasteiger partial charge < -0.3 is 14.4 Å². The standard InChI is InChI=1S/C22H28O6S/c23-19(28-17-3-5-18(6-4-17)29(25,26)27)20-10-15-9-16(11-20)13-21(12-15,14-20)22(24)7-1-2-8-22/h3-6,15-16,24H,1-2,7-14H2,(H,25,26,27)/p-1. The number of aliphatic hydroxyl groups is 1. The van der Waals surface area contributed by atoms with E-state index in [1.54, 1.807) is 0 Å². The van der Waals surface area contributed by atoms with E-state index in [-0.39, 0.29) is 22.0 Å². The normalized spacial score (nSPS) is 37.6. The van der Waals surface area contributed by atoms with Crippen LogP contribution in [0.15, 0.2) is 29.2 Å². The minimum atomic E-state index is -4.53. The zero-order valence-electron chi connectivity index (χ0n) is 16.4. The van der Waals surface area contributed by atoms with Crippen LogP contribution in [0, 0.1) is 22.7 Å². The van der Waals surface area contributed by atoms with Crippen molar-refractivity contribution < 1.29 is 27.6 Å². The molecule has 5 aliphatic rings. The SMILES string of the molecule is O=C(Oc1ccc(S(=O)(=O)[O-])cc1)C12CC3CC(C1)CC(C1(O)CCCC1)(C3)C2. The average molecular weight is 420 g/mol. The molecule has 0 spiro atoms. The van der Waals surface area contributed by atoms with Crippen LogP contribution in [0.4, 0.5) is 0 Å². The molecule has 1 aromatic rings. The summed E-state index contributed by atoms with van der Waals surface area (Å²) in [5, 5.41) is 11.5. The van der Waals surface area contributed by atoms with Crippen molar-refractivity contribution in [2.75, 3.05) is 0 Å². The number of rotatable bonds is 4. The molecule has 0 radical (unpaired) electrons. The molecule has 4 bridgehead atoms. The van der Waals surface area contributed by atoms with Gasteiger partial charge in [-0.3, -0.25) is 4.79 Å². The second kappa shape index (κ2) is 6.28. The topological polar surface area (TPSA) is 104 Å². The van der Waals surface area contributed by atoms with E-state index in [9.17, 15) is 22.9 Å². The van der Waals surface area contributed by atoms with E-state index in [0.29, 0.717) is 18.3 Å². The van der Waals surface area contributed by atoms with Crippen LogP contribution in [0.2, 0.25) is 0 Å². The van der Waals surface area contributed by atoms with Crippen molar-refractivity contribution in [3.63, 3.8) is 0 Å². The van der Waals surface area contributed by atoms with Crippen molar-refractivity contribution in [2.24, 2.45) is 22.7 Å². The van der Waals surface area contributed by atoms with Gasteiger partial charge in [-0.25, -0.2) is 8.42 Å². The Morgan fingerprint density at radius 3 is 2.17 bits per heavy atom. The molecule has 2 unspecified atom stereocenters. The molecule has 5 saturated carbocycles. The maximum absolute atomic E-state index is 13.3. The van der Waals surface area contributed by atoms with Gasteiger partial charge in [-0.15, -0.1) is 0 Å². The second-order valence-electron chi connectivity index (χ2n) is 10.1. The number of carbonyl (C=O) groups excluding carboxylic acids is 1. The van der Waals surface area contributed by atoms with E-state index in [1.165, 1.54) is 24.3 Å². The number of esters is 1. The first kappa shape index (κ1) is 19.5. The zero-order chi connectivity index (χ0) is 20.5. The Balaban J connectivity index is 1.41. The van der Waals surface area contributed by atoms with Crippen molar-refractivity contribution in [3.8, 4) is 5.75 Å². The lowest BCUT2D eigenvalue weighted by Gasteiger charge is -2.64. The second-order valence-corrected chi connectivity index (χ2v) is 11.5. The molecular formula is C22H27O6S-. The van der Waals surface area contributed by atoms with Gasteiger partial charge in [-0.05, 0) is 87.5 Å². The fourth-order valence-electron chi connectivity index (χ4n) is 7.43. The van der Waals surface area contributed by atoms with Crippen LogP contribution < -0.4 is 4.74 Å². The number of hydrogen-bond acceptors (Lipinski definition) is 6. The molecule has 0 aliphatic heterocycles. The minimum absolute atomic E-state index is 0.174. The van der Waals surface area contributed by atoms with Gasteiger partial charge in [-0.2, -0.15) is 0 Å². The summed E-state index contributed by atoms with van der Waals surface area (Å²) < 4.78 is 39.0. The largest absolute Gasteiger partial charge is 0.744 e. The Hall–Kier alpha value is -1.44. The molecule has 0 amide bonds. The molecule has 1 N–H and O–H groups in total. The Kier molecular flexibility index (Phi) is 4.23. The van der Waals surface area contributed by atoms with E-state index in [4.69, 9.17) is 4.74 Å². The lowest BCUT2D eigenvalue weighted by atomic mass is 9.40. The van der Waals surface area contributed by atoms with Crippen LogP contribution in [-0.2, 0) is 14.9 Å². The summed E-state index contributed by atoms with van der Waals surface area (Å²) in [4.78, 5) is 13.0.